The SMILES string of the molecule is COC(=O)C1=C(C)N(c2ccc(C(=O)OC)cc2)C(=O)C1=Cc1ccc(F)cc1. The maximum Gasteiger partial charge on any atom is 0.340 e. The lowest BCUT2D eigenvalue weighted by atomic mass is 10.0. The van der Waals surface area contributed by atoms with Gasteiger partial charge in [-0.3, -0.25) is 9.69 Å². The molecule has 0 aromatic heterocycles. The number of halogens is 1. The molecule has 1 heterocycles. The number of hydrogen-bond acceptors (Lipinski definition) is 5. The summed E-state index contributed by atoms with van der Waals surface area (Å²) in [6, 6.07) is 11.8. The molecule has 0 saturated heterocycles. The third kappa shape index (κ3) is 3.80. The van der Waals surface area contributed by atoms with E-state index >= 15 is 0 Å². The van der Waals surface area contributed by atoms with E-state index in [0.29, 0.717) is 22.5 Å². The van der Waals surface area contributed by atoms with Gasteiger partial charge in [0.2, 0.25) is 0 Å². The zero-order chi connectivity index (χ0) is 21.1. The van der Waals surface area contributed by atoms with Crippen LogP contribution < -0.4 is 4.90 Å². The van der Waals surface area contributed by atoms with Gasteiger partial charge in [-0.15, -0.1) is 0 Å². The fraction of sp³-hybridized carbons (Fsp3) is 0.136. The van der Waals surface area contributed by atoms with Gasteiger partial charge in [-0.2, -0.15) is 0 Å². The minimum atomic E-state index is -0.655. The van der Waals surface area contributed by atoms with Gasteiger partial charge in [-0.05, 0) is 55.0 Å². The molecule has 148 valence electrons. The van der Waals surface area contributed by atoms with E-state index in [-0.39, 0.29) is 11.1 Å². The maximum absolute atomic E-state index is 13.2. The Bertz CT molecular complexity index is 1040. The molecule has 3 rings (SSSR count). The lowest BCUT2D eigenvalue weighted by molar-refractivity contribution is -0.136. The van der Waals surface area contributed by atoms with Gasteiger partial charge in [-0.25, -0.2) is 14.0 Å². The number of benzene rings is 2. The fourth-order valence-electron chi connectivity index (χ4n) is 3.08. The van der Waals surface area contributed by atoms with Gasteiger partial charge in [0.15, 0.2) is 0 Å². The quantitative estimate of drug-likeness (QED) is 0.585. The van der Waals surface area contributed by atoms with E-state index in [4.69, 9.17) is 4.74 Å². The minimum Gasteiger partial charge on any atom is -0.465 e. The molecule has 29 heavy (non-hydrogen) atoms. The van der Waals surface area contributed by atoms with E-state index in [1.54, 1.807) is 19.1 Å². The fourth-order valence-corrected chi connectivity index (χ4v) is 3.08. The van der Waals surface area contributed by atoms with Crippen molar-refractivity contribution in [3.05, 3.63) is 82.3 Å². The average molecular weight is 395 g/mol. The van der Waals surface area contributed by atoms with Crippen LogP contribution in [0.1, 0.15) is 22.8 Å². The first-order valence-electron chi connectivity index (χ1n) is 8.67. The van der Waals surface area contributed by atoms with Crippen molar-refractivity contribution < 1.29 is 28.2 Å². The third-order valence-corrected chi connectivity index (χ3v) is 4.52. The summed E-state index contributed by atoms with van der Waals surface area (Å²) >= 11 is 0. The van der Waals surface area contributed by atoms with Crippen LogP contribution in [-0.2, 0) is 19.1 Å². The summed E-state index contributed by atoms with van der Waals surface area (Å²) in [6.07, 6.45) is 1.51. The molecule has 2 aromatic carbocycles. The number of amides is 1. The lowest BCUT2D eigenvalue weighted by Gasteiger charge is -2.18. The van der Waals surface area contributed by atoms with Crippen LogP contribution in [0.15, 0.2) is 65.4 Å². The number of hydrogen-bond donors (Lipinski definition) is 0. The average Bonchev–Trinajstić information content (AvgIpc) is 2.98. The summed E-state index contributed by atoms with van der Waals surface area (Å²) in [4.78, 5) is 38.5. The predicted octanol–water partition coefficient (Wildman–Crippen LogP) is 3.49. The molecule has 6 nitrogen and oxygen atoms in total. The normalized spacial score (nSPS) is 15.1. The summed E-state index contributed by atoms with van der Waals surface area (Å²) < 4.78 is 22.7. The first kappa shape index (κ1) is 20.0. The second-order valence-corrected chi connectivity index (χ2v) is 6.24. The first-order chi connectivity index (χ1) is 13.9. The van der Waals surface area contributed by atoms with E-state index in [1.165, 1.54) is 61.6 Å². The van der Waals surface area contributed by atoms with E-state index in [0.717, 1.165) is 0 Å². The first-order valence-corrected chi connectivity index (χ1v) is 8.67. The summed E-state index contributed by atoms with van der Waals surface area (Å²) in [6.45, 7) is 1.63. The molecule has 0 aliphatic carbocycles. The number of ether oxygens (including phenoxy) is 2. The molecular weight excluding hydrogens is 377 g/mol. The molecule has 0 bridgehead atoms. The maximum atomic E-state index is 13.2. The highest BCUT2D eigenvalue weighted by Gasteiger charge is 2.37. The summed E-state index contributed by atoms with van der Waals surface area (Å²) in [7, 11) is 2.51. The number of nitrogens with zero attached hydrogens (tertiary/aromatic N) is 1. The molecule has 0 unspecified atom stereocenters. The van der Waals surface area contributed by atoms with Crippen LogP contribution in [0, 0.1) is 5.82 Å². The van der Waals surface area contributed by atoms with Crippen LogP contribution in [0.3, 0.4) is 0 Å². The molecule has 0 spiro atoms. The Morgan fingerprint density at radius 2 is 1.52 bits per heavy atom. The van der Waals surface area contributed by atoms with E-state index < -0.39 is 23.7 Å². The van der Waals surface area contributed by atoms with Crippen molar-refractivity contribution in [2.75, 3.05) is 19.1 Å². The molecular formula is C22H18FNO5. The predicted molar refractivity (Wildman–Crippen MR) is 104 cm³/mol. The van der Waals surface area contributed by atoms with E-state index in [2.05, 4.69) is 4.74 Å². The van der Waals surface area contributed by atoms with Crippen molar-refractivity contribution in [1.82, 2.24) is 0 Å². The van der Waals surface area contributed by atoms with Gasteiger partial charge >= 0.3 is 11.9 Å². The largest absolute Gasteiger partial charge is 0.465 e. The monoisotopic (exact) mass is 395 g/mol. The second-order valence-electron chi connectivity index (χ2n) is 6.24. The van der Waals surface area contributed by atoms with Crippen molar-refractivity contribution in [2.45, 2.75) is 6.92 Å². The highest BCUT2D eigenvalue weighted by atomic mass is 19.1. The van der Waals surface area contributed by atoms with Crippen LogP contribution in [0.4, 0.5) is 10.1 Å². The standard InChI is InChI=1S/C22H18FNO5/c1-13-19(22(27)29-3)18(12-14-4-8-16(23)9-5-14)20(25)24(13)17-10-6-15(7-11-17)21(26)28-2/h4-12H,1-3H3. The number of anilines is 1. The van der Waals surface area contributed by atoms with Crippen molar-refractivity contribution >= 4 is 29.6 Å². The van der Waals surface area contributed by atoms with Gasteiger partial charge in [0.05, 0.1) is 30.9 Å². The van der Waals surface area contributed by atoms with Crippen LogP contribution in [0.5, 0.6) is 0 Å². The molecule has 1 aliphatic heterocycles. The summed E-state index contributed by atoms with van der Waals surface area (Å²) in [5, 5.41) is 0. The van der Waals surface area contributed by atoms with Crippen LogP contribution >= 0.6 is 0 Å². The number of rotatable bonds is 4. The van der Waals surface area contributed by atoms with Gasteiger partial charge in [0, 0.05) is 11.4 Å². The van der Waals surface area contributed by atoms with Crippen LogP contribution in [0.2, 0.25) is 0 Å². The van der Waals surface area contributed by atoms with Crippen molar-refractivity contribution in [2.24, 2.45) is 0 Å². The zero-order valence-electron chi connectivity index (χ0n) is 16.1. The highest BCUT2D eigenvalue weighted by Crippen LogP contribution is 2.35. The van der Waals surface area contributed by atoms with Gasteiger partial charge < -0.3 is 9.47 Å². The summed E-state index contributed by atoms with van der Waals surface area (Å²) in [5.41, 5.74) is 2.02. The van der Waals surface area contributed by atoms with Gasteiger partial charge in [0.1, 0.15) is 5.82 Å². The van der Waals surface area contributed by atoms with Gasteiger partial charge in [-0.1, -0.05) is 12.1 Å². The molecule has 0 N–H and O–H groups in total. The molecule has 0 fully saturated rings. The smallest absolute Gasteiger partial charge is 0.340 e. The van der Waals surface area contributed by atoms with Crippen molar-refractivity contribution in [1.29, 1.82) is 0 Å². The van der Waals surface area contributed by atoms with Crippen molar-refractivity contribution in [3.8, 4) is 0 Å². The molecule has 1 aliphatic rings. The molecule has 2 aromatic rings. The molecule has 0 atom stereocenters. The Kier molecular flexibility index (Phi) is 5.59. The lowest BCUT2D eigenvalue weighted by Crippen LogP contribution is -2.24. The second kappa shape index (κ2) is 8.10. The molecule has 0 radical (unpaired) electrons. The van der Waals surface area contributed by atoms with Crippen LogP contribution in [0.25, 0.3) is 6.08 Å². The Hall–Kier alpha value is -3.74. The van der Waals surface area contributed by atoms with E-state index in [1.807, 2.05) is 0 Å². The Balaban J connectivity index is 2.06. The Morgan fingerprint density at radius 1 is 0.931 bits per heavy atom. The van der Waals surface area contributed by atoms with Crippen LogP contribution in [-0.4, -0.2) is 32.1 Å². The number of carbonyl (C=O) groups is 3. The topological polar surface area (TPSA) is 72.9 Å². The molecule has 7 heteroatoms. The third-order valence-electron chi connectivity index (χ3n) is 4.52. The highest BCUT2D eigenvalue weighted by molar-refractivity contribution is 6.23. The zero-order valence-corrected chi connectivity index (χ0v) is 16.1. The van der Waals surface area contributed by atoms with Gasteiger partial charge in [0.25, 0.3) is 5.91 Å². The number of methoxy groups -OCH3 is 2. The Morgan fingerprint density at radius 3 is 2.07 bits per heavy atom. The molecule has 0 saturated carbocycles. The summed E-state index contributed by atoms with van der Waals surface area (Å²) in [5.74, 6) is -1.99. The Labute approximate surface area is 166 Å². The number of esters is 2. The minimum absolute atomic E-state index is 0.124. The number of carbonyl (C=O) groups excluding carboxylic acids is 3. The van der Waals surface area contributed by atoms with E-state index in [9.17, 15) is 18.8 Å². The van der Waals surface area contributed by atoms with Crippen molar-refractivity contribution in [3.63, 3.8) is 0 Å². The molecule has 1 amide bonds. The number of allylic oxidation sites excluding steroid dienone is 1.